The van der Waals surface area contributed by atoms with E-state index >= 15 is 0 Å². The number of nitrogens with zero attached hydrogens (tertiary/aromatic N) is 1. The molecule has 1 saturated heterocycles. The number of piperazine rings is 1. The minimum atomic E-state index is -2.13. The van der Waals surface area contributed by atoms with Crippen LogP contribution >= 0.6 is 69.6 Å². The summed E-state index contributed by atoms with van der Waals surface area (Å²) in [5.74, 6) is -1.66. The van der Waals surface area contributed by atoms with Gasteiger partial charge in [0, 0.05) is 44.1 Å². The number of carbonyl (C=O) groups excluding carboxylic acids is 2. The zero-order chi connectivity index (χ0) is 20.2. The fourth-order valence-electron chi connectivity index (χ4n) is 2.46. The number of anilines is 2. The number of hydrogen-bond acceptors (Lipinski definition) is 4. The highest BCUT2D eigenvalue weighted by Gasteiger charge is 2.32. The second kappa shape index (κ2) is 9.55. The Balaban J connectivity index is 2.25. The maximum atomic E-state index is 12.0. The number of benzene rings is 1. The van der Waals surface area contributed by atoms with E-state index in [1.807, 2.05) is 0 Å². The predicted octanol–water partition coefficient (Wildman–Crippen LogP) is 3.71. The number of amides is 2. The van der Waals surface area contributed by atoms with E-state index in [2.05, 4.69) is 20.9 Å². The van der Waals surface area contributed by atoms with Gasteiger partial charge in [-0.3, -0.25) is 14.5 Å². The van der Waals surface area contributed by atoms with Crippen LogP contribution in [0.1, 0.15) is 5.56 Å². The van der Waals surface area contributed by atoms with Gasteiger partial charge in [0.1, 0.15) is 0 Å². The molecule has 1 aliphatic rings. The minimum absolute atomic E-state index is 0.332. The molecule has 1 aliphatic heterocycles. The highest BCUT2D eigenvalue weighted by Crippen LogP contribution is 2.31. The average Bonchev–Trinajstić information content (AvgIpc) is 2.53. The molecule has 0 radical (unpaired) electrons. The van der Waals surface area contributed by atoms with E-state index in [9.17, 15) is 9.59 Å². The van der Waals surface area contributed by atoms with E-state index < -0.39 is 19.4 Å². The lowest BCUT2D eigenvalue weighted by atomic mass is 10.1. The lowest BCUT2D eigenvalue weighted by molar-refractivity contribution is -0.116. The van der Waals surface area contributed by atoms with Gasteiger partial charge in [-0.25, -0.2) is 0 Å². The van der Waals surface area contributed by atoms with Gasteiger partial charge in [0.15, 0.2) is 0 Å². The molecule has 6 nitrogen and oxygen atoms in total. The molecule has 3 N–H and O–H groups in total. The zero-order valence-electron chi connectivity index (χ0n) is 13.8. The van der Waals surface area contributed by atoms with Crippen LogP contribution in [0.25, 0.3) is 0 Å². The molecule has 0 saturated carbocycles. The van der Waals surface area contributed by atoms with Crippen molar-refractivity contribution in [3.63, 3.8) is 0 Å². The summed E-state index contributed by atoms with van der Waals surface area (Å²) in [6.45, 7) is 4.07. The first kappa shape index (κ1) is 23.1. The highest BCUT2D eigenvalue weighted by molar-refractivity contribution is 6.77. The van der Waals surface area contributed by atoms with Crippen molar-refractivity contribution in [1.82, 2.24) is 10.2 Å². The van der Waals surface area contributed by atoms with E-state index in [1.165, 1.54) is 6.07 Å². The molecule has 2 rings (SSSR count). The molecule has 27 heavy (non-hydrogen) atoms. The molecule has 150 valence electrons. The van der Waals surface area contributed by atoms with Crippen LogP contribution in [0.15, 0.2) is 18.2 Å². The molecule has 2 amide bonds. The number of hydrogen-bond donors (Lipinski definition) is 3. The smallest absolute Gasteiger partial charge is 0.276 e. The summed E-state index contributed by atoms with van der Waals surface area (Å²) in [5, 5.41) is 8.26. The van der Waals surface area contributed by atoms with Gasteiger partial charge in [-0.05, 0) is 23.8 Å². The second-order valence-electron chi connectivity index (χ2n) is 5.85. The topological polar surface area (TPSA) is 73.5 Å². The quantitative estimate of drug-likeness (QED) is 0.556. The summed E-state index contributed by atoms with van der Waals surface area (Å²) in [5.41, 5.74) is 1.48. The van der Waals surface area contributed by atoms with Gasteiger partial charge >= 0.3 is 0 Å². The highest BCUT2D eigenvalue weighted by atomic mass is 35.6. The normalized spacial score (nSPS) is 16.1. The average molecular weight is 497 g/mol. The number of rotatable bonds is 4. The number of alkyl halides is 6. The molecule has 1 aromatic rings. The van der Waals surface area contributed by atoms with Gasteiger partial charge in [0.25, 0.3) is 19.4 Å². The van der Waals surface area contributed by atoms with Crippen LogP contribution in [-0.4, -0.2) is 50.5 Å². The molecule has 1 fully saturated rings. The molecule has 0 spiro atoms. The first-order valence-electron chi connectivity index (χ1n) is 7.78. The van der Waals surface area contributed by atoms with Gasteiger partial charge in [0.2, 0.25) is 0 Å². The van der Waals surface area contributed by atoms with Gasteiger partial charge < -0.3 is 16.0 Å². The summed E-state index contributed by atoms with van der Waals surface area (Å²) in [6.07, 6.45) is 0. The molecule has 0 aromatic heterocycles. The van der Waals surface area contributed by atoms with Crippen molar-refractivity contribution in [2.75, 3.05) is 36.8 Å². The van der Waals surface area contributed by atoms with Gasteiger partial charge in [-0.2, -0.15) is 0 Å². The van der Waals surface area contributed by atoms with Crippen molar-refractivity contribution in [1.29, 1.82) is 0 Å². The third-order valence-electron chi connectivity index (χ3n) is 3.64. The van der Waals surface area contributed by atoms with Crippen LogP contribution in [0.5, 0.6) is 0 Å². The molecule has 0 unspecified atom stereocenters. The van der Waals surface area contributed by atoms with E-state index in [1.54, 1.807) is 12.1 Å². The summed E-state index contributed by atoms with van der Waals surface area (Å²) in [6, 6.07) is 4.92. The second-order valence-corrected chi connectivity index (χ2v) is 10.4. The Labute approximate surface area is 186 Å². The Bertz CT molecular complexity index is 652. The third-order valence-corrected chi connectivity index (χ3v) is 4.67. The van der Waals surface area contributed by atoms with Crippen molar-refractivity contribution < 1.29 is 9.59 Å². The molecule has 1 heterocycles. The Morgan fingerprint density at radius 2 is 1.33 bits per heavy atom. The van der Waals surface area contributed by atoms with Crippen LogP contribution in [0, 0.1) is 0 Å². The van der Waals surface area contributed by atoms with Gasteiger partial charge in [0.05, 0.1) is 0 Å². The van der Waals surface area contributed by atoms with Crippen LogP contribution in [0.2, 0.25) is 0 Å². The van der Waals surface area contributed by atoms with Crippen molar-refractivity contribution in [3.05, 3.63) is 23.8 Å². The van der Waals surface area contributed by atoms with E-state index in [4.69, 9.17) is 69.6 Å². The number of nitrogens with one attached hydrogen (secondary N) is 3. The van der Waals surface area contributed by atoms with Crippen molar-refractivity contribution in [3.8, 4) is 0 Å². The van der Waals surface area contributed by atoms with Crippen molar-refractivity contribution in [2.24, 2.45) is 0 Å². The van der Waals surface area contributed by atoms with Crippen LogP contribution < -0.4 is 16.0 Å². The summed E-state index contributed by atoms with van der Waals surface area (Å²) < 4.78 is -4.26. The zero-order valence-corrected chi connectivity index (χ0v) is 18.3. The largest absolute Gasteiger partial charge is 0.322 e. The first-order valence-corrected chi connectivity index (χ1v) is 10.1. The Hall–Kier alpha value is -0.180. The van der Waals surface area contributed by atoms with Gasteiger partial charge in [-0.1, -0.05) is 69.6 Å². The SMILES string of the molecule is O=C(Nc1cc(CN2CCNCC2)cc(NC(=O)C(Cl)(Cl)Cl)c1)C(Cl)(Cl)Cl. The predicted molar refractivity (Wildman–Crippen MR) is 112 cm³/mol. The molecule has 0 bridgehead atoms. The summed E-state index contributed by atoms with van der Waals surface area (Å²) >= 11 is 33.6. The molecule has 0 atom stereocenters. The van der Waals surface area contributed by atoms with E-state index in [0.717, 1.165) is 31.7 Å². The van der Waals surface area contributed by atoms with E-state index in [0.29, 0.717) is 17.9 Å². The van der Waals surface area contributed by atoms with Crippen molar-refractivity contribution >= 4 is 92.8 Å². The fourth-order valence-corrected chi connectivity index (χ4v) is 2.74. The fraction of sp³-hybridized carbons (Fsp3) is 0.467. The maximum Gasteiger partial charge on any atom is 0.276 e. The molecule has 12 heteroatoms. The Morgan fingerprint density at radius 3 is 1.74 bits per heavy atom. The summed E-state index contributed by atoms with van der Waals surface area (Å²) in [7, 11) is 0. The lowest BCUT2D eigenvalue weighted by Crippen LogP contribution is -2.42. The van der Waals surface area contributed by atoms with Crippen molar-refractivity contribution in [2.45, 2.75) is 14.1 Å². The standard InChI is InChI=1S/C15H16Cl6N4O2/c16-14(17,18)12(26)23-10-5-9(8-25-3-1-22-2-4-25)6-11(7-10)24-13(27)15(19,20)21/h5-7,22H,1-4,8H2,(H,23,26)(H,24,27). The molecular weight excluding hydrogens is 481 g/mol. The summed E-state index contributed by atoms with van der Waals surface area (Å²) in [4.78, 5) is 26.1. The van der Waals surface area contributed by atoms with Crippen LogP contribution in [-0.2, 0) is 16.1 Å². The Kier molecular flexibility index (Phi) is 8.17. The minimum Gasteiger partial charge on any atom is -0.322 e. The van der Waals surface area contributed by atoms with E-state index in [-0.39, 0.29) is 0 Å². The third kappa shape index (κ3) is 7.63. The Morgan fingerprint density at radius 1 is 0.889 bits per heavy atom. The van der Waals surface area contributed by atoms with Gasteiger partial charge in [-0.15, -0.1) is 0 Å². The molecule has 1 aromatic carbocycles. The number of carbonyl (C=O) groups is 2. The molecular formula is C15H16Cl6N4O2. The molecule has 0 aliphatic carbocycles. The number of halogens is 6. The van der Waals surface area contributed by atoms with Crippen LogP contribution in [0.4, 0.5) is 11.4 Å². The lowest BCUT2D eigenvalue weighted by Gasteiger charge is -2.27. The maximum absolute atomic E-state index is 12.0. The van der Waals surface area contributed by atoms with Crippen LogP contribution in [0.3, 0.4) is 0 Å². The monoisotopic (exact) mass is 494 g/mol. The first-order chi connectivity index (χ1) is 12.4.